The van der Waals surface area contributed by atoms with Gasteiger partial charge in [-0.2, -0.15) is 11.8 Å². The predicted molar refractivity (Wildman–Crippen MR) is 75.1 cm³/mol. The van der Waals surface area contributed by atoms with Crippen LogP contribution in [0.2, 0.25) is 0 Å². The Morgan fingerprint density at radius 1 is 1.37 bits per heavy atom. The molecule has 3 rings (SSSR count). The summed E-state index contributed by atoms with van der Waals surface area (Å²) in [4.78, 5) is 18.1. The first-order valence-electron chi connectivity index (χ1n) is 6.28. The highest BCUT2D eigenvalue weighted by Crippen LogP contribution is 2.14. The summed E-state index contributed by atoms with van der Waals surface area (Å²) >= 11 is 1.88. The number of carbonyl (C=O) groups excluding carboxylic acids is 1. The Labute approximate surface area is 115 Å². The number of rotatable bonds is 2. The van der Waals surface area contributed by atoms with Crippen LogP contribution in [-0.4, -0.2) is 40.5 Å². The number of para-hydroxylation sites is 2. The molecule has 0 radical (unpaired) electrons. The van der Waals surface area contributed by atoms with Crippen molar-refractivity contribution in [2.45, 2.75) is 6.54 Å². The molecule has 1 saturated heterocycles. The SMILES string of the molecule is O=C(NCc1nc2ccccc2o1)N1CCSCC1. The summed E-state index contributed by atoms with van der Waals surface area (Å²) in [6.45, 7) is 1.95. The number of nitrogens with one attached hydrogen (secondary N) is 1. The fourth-order valence-electron chi connectivity index (χ4n) is 2.03. The van der Waals surface area contributed by atoms with Crippen molar-refractivity contribution in [2.75, 3.05) is 24.6 Å². The standard InChI is InChI=1S/C13H15N3O2S/c17-13(16-5-7-19-8-6-16)14-9-12-15-10-3-1-2-4-11(10)18-12/h1-4H,5-9H2,(H,14,17). The minimum atomic E-state index is -0.0393. The van der Waals surface area contributed by atoms with Gasteiger partial charge in [-0.3, -0.25) is 0 Å². The van der Waals surface area contributed by atoms with Crippen LogP contribution < -0.4 is 5.32 Å². The van der Waals surface area contributed by atoms with E-state index < -0.39 is 0 Å². The molecular formula is C13H15N3O2S. The van der Waals surface area contributed by atoms with Crippen molar-refractivity contribution >= 4 is 28.9 Å². The second-order valence-corrected chi connectivity index (χ2v) is 5.56. The van der Waals surface area contributed by atoms with Crippen LogP contribution in [0.25, 0.3) is 11.1 Å². The Morgan fingerprint density at radius 2 is 2.16 bits per heavy atom. The van der Waals surface area contributed by atoms with E-state index in [4.69, 9.17) is 4.42 Å². The van der Waals surface area contributed by atoms with Crippen molar-refractivity contribution in [1.82, 2.24) is 15.2 Å². The zero-order valence-corrected chi connectivity index (χ0v) is 11.3. The van der Waals surface area contributed by atoms with Gasteiger partial charge in [-0.25, -0.2) is 9.78 Å². The molecule has 2 aromatic rings. The van der Waals surface area contributed by atoms with E-state index in [1.54, 1.807) is 0 Å². The Hall–Kier alpha value is -1.69. The highest BCUT2D eigenvalue weighted by molar-refractivity contribution is 7.99. The molecule has 100 valence electrons. The second-order valence-electron chi connectivity index (χ2n) is 4.33. The van der Waals surface area contributed by atoms with Crippen LogP contribution in [0.4, 0.5) is 4.79 Å². The van der Waals surface area contributed by atoms with Crippen LogP contribution in [0.15, 0.2) is 28.7 Å². The van der Waals surface area contributed by atoms with Crippen molar-refractivity contribution in [3.05, 3.63) is 30.2 Å². The summed E-state index contributed by atoms with van der Waals surface area (Å²) in [7, 11) is 0. The molecule has 5 nitrogen and oxygen atoms in total. The van der Waals surface area contributed by atoms with E-state index in [0.717, 1.165) is 35.7 Å². The summed E-state index contributed by atoms with van der Waals surface area (Å²) in [6.07, 6.45) is 0. The topological polar surface area (TPSA) is 58.4 Å². The monoisotopic (exact) mass is 277 g/mol. The van der Waals surface area contributed by atoms with Crippen molar-refractivity contribution < 1.29 is 9.21 Å². The summed E-state index contributed by atoms with van der Waals surface area (Å²) < 4.78 is 5.56. The largest absolute Gasteiger partial charge is 0.439 e. The van der Waals surface area contributed by atoms with E-state index in [9.17, 15) is 4.79 Å². The minimum absolute atomic E-state index is 0.0393. The molecule has 1 aliphatic heterocycles. The molecule has 0 spiro atoms. The van der Waals surface area contributed by atoms with Crippen LogP contribution in [0.3, 0.4) is 0 Å². The number of fused-ring (bicyclic) bond motifs is 1. The fourth-order valence-corrected chi connectivity index (χ4v) is 2.93. The highest BCUT2D eigenvalue weighted by atomic mass is 32.2. The molecule has 2 heterocycles. The molecule has 1 aromatic carbocycles. The first-order valence-corrected chi connectivity index (χ1v) is 7.43. The number of urea groups is 1. The minimum Gasteiger partial charge on any atom is -0.439 e. The summed E-state index contributed by atoms with van der Waals surface area (Å²) in [5.74, 6) is 2.56. The zero-order chi connectivity index (χ0) is 13.1. The zero-order valence-electron chi connectivity index (χ0n) is 10.5. The highest BCUT2D eigenvalue weighted by Gasteiger charge is 2.16. The summed E-state index contributed by atoms with van der Waals surface area (Å²) in [5.41, 5.74) is 1.57. The van der Waals surface area contributed by atoms with Crippen molar-refractivity contribution in [2.24, 2.45) is 0 Å². The van der Waals surface area contributed by atoms with E-state index in [-0.39, 0.29) is 6.03 Å². The average molecular weight is 277 g/mol. The first-order chi connectivity index (χ1) is 9.33. The number of hydrogen-bond donors (Lipinski definition) is 1. The number of carbonyl (C=O) groups is 1. The molecule has 0 aliphatic carbocycles. The smallest absolute Gasteiger partial charge is 0.317 e. The lowest BCUT2D eigenvalue weighted by Crippen LogP contribution is -2.44. The lowest BCUT2D eigenvalue weighted by molar-refractivity contribution is 0.201. The van der Waals surface area contributed by atoms with Crippen LogP contribution >= 0.6 is 11.8 Å². The van der Waals surface area contributed by atoms with Gasteiger partial charge in [-0.1, -0.05) is 12.1 Å². The van der Waals surface area contributed by atoms with Gasteiger partial charge in [0.15, 0.2) is 5.58 Å². The van der Waals surface area contributed by atoms with E-state index in [1.165, 1.54) is 0 Å². The third-order valence-electron chi connectivity index (χ3n) is 3.03. The van der Waals surface area contributed by atoms with Gasteiger partial charge in [-0.15, -0.1) is 0 Å². The maximum absolute atomic E-state index is 11.9. The molecule has 2 amide bonds. The van der Waals surface area contributed by atoms with Gasteiger partial charge in [0, 0.05) is 24.6 Å². The van der Waals surface area contributed by atoms with Gasteiger partial charge in [0.1, 0.15) is 5.52 Å². The van der Waals surface area contributed by atoms with E-state index in [2.05, 4.69) is 10.3 Å². The number of thioether (sulfide) groups is 1. The number of amides is 2. The first kappa shape index (κ1) is 12.3. The van der Waals surface area contributed by atoms with E-state index in [0.29, 0.717) is 12.4 Å². The van der Waals surface area contributed by atoms with Gasteiger partial charge >= 0.3 is 6.03 Å². The number of oxazole rings is 1. The maximum Gasteiger partial charge on any atom is 0.317 e. The molecular weight excluding hydrogens is 262 g/mol. The van der Waals surface area contributed by atoms with Crippen LogP contribution in [0, 0.1) is 0 Å². The number of benzene rings is 1. The van der Waals surface area contributed by atoms with Gasteiger partial charge in [0.25, 0.3) is 0 Å². The molecule has 1 aliphatic rings. The molecule has 6 heteroatoms. The third kappa shape index (κ3) is 2.84. The van der Waals surface area contributed by atoms with Crippen LogP contribution in [0.5, 0.6) is 0 Å². The molecule has 1 N–H and O–H groups in total. The van der Waals surface area contributed by atoms with Gasteiger partial charge in [0.2, 0.25) is 5.89 Å². The summed E-state index contributed by atoms with van der Waals surface area (Å²) in [5, 5.41) is 2.85. The molecule has 0 atom stereocenters. The normalized spacial score (nSPS) is 15.7. The van der Waals surface area contributed by atoms with Crippen LogP contribution in [-0.2, 0) is 6.54 Å². The number of hydrogen-bond acceptors (Lipinski definition) is 4. The van der Waals surface area contributed by atoms with Crippen molar-refractivity contribution in [3.63, 3.8) is 0 Å². The van der Waals surface area contributed by atoms with Crippen LogP contribution in [0.1, 0.15) is 5.89 Å². The fraction of sp³-hybridized carbons (Fsp3) is 0.385. The molecule has 19 heavy (non-hydrogen) atoms. The number of nitrogens with zero attached hydrogens (tertiary/aromatic N) is 2. The Balaban J connectivity index is 1.60. The third-order valence-corrected chi connectivity index (χ3v) is 3.97. The number of aromatic nitrogens is 1. The van der Waals surface area contributed by atoms with Crippen molar-refractivity contribution in [1.29, 1.82) is 0 Å². The average Bonchev–Trinajstić information content (AvgIpc) is 2.88. The van der Waals surface area contributed by atoms with Crippen molar-refractivity contribution in [3.8, 4) is 0 Å². The Bertz CT molecular complexity index is 545. The quantitative estimate of drug-likeness (QED) is 0.913. The van der Waals surface area contributed by atoms with Gasteiger partial charge in [-0.05, 0) is 12.1 Å². The molecule has 0 saturated carbocycles. The molecule has 1 aromatic heterocycles. The van der Waals surface area contributed by atoms with Gasteiger partial charge in [0.05, 0.1) is 6.54 Å². The lowest BCUT2D eigenvalue weighted by atomic mass is 10.3. The summed E-state index contributed by atoms with van der Waals surface area (Å²) in [6, 6.07) is 7.55. The lowest BCUT2D eigenvalue weighted by Gasteiger charge is -2.26. The molecule has 1 fully saturated rings. The molecule has 0 unspecified atom stereocenters. The Morgan fingerprint density at radius 3 is 2.95 bits per heavy atom. The molecule has 0 bridgehead atoms. The second kappa shape index (κ2) is 5.52. The van der Waals surface area contributed by atoms with Gasteiger partial charge < -0.3 is 14.6 Å². The Kier molecular flexibility index (Phi) is 3.59. The van der Waals surface area contributed by atoms with E-state index >= 15 is 0 Å². The maximum atomic E-state index is 11.9. The van der Waals surface area contributed by atoms with E-state index in [1.807, 2.05) is 40.9 Å². The predicted octanol–water partition coefficient (Wildman–Crippen LogP) is 2.09.